The Bertz CT molecular complexity index is 594. The van der Waals surface area contributed by atoms with E-state index in [1.54, 1.807) is 0 Å². The third-order valence-electron chi connectivity index (χ3n) is 4.78. The highest BCUT2D eigenvalue weighted by Crippen LogP contribution is 2.22. The molecule has 3 heterocycles. The molecule has 0 saturated carbocycles. The van der Waals surface area contributed by atoms with Gasteiger partial charge in [-0.15, -0.1) is 0 Å². The number of anilines is 2. The van der Waals surface area contributed by atoms with E-state index in [2.05, 4.69) is 14.9 Å². The van der Waals surface area contributed by atoms with E-state index < -0.39 is 0 Å². The van der Waals surface area contributed by atoms with Gasteiger partial charge in [0.2, 0.25) is 5.91 Å². The zero-order chi connectivity index (χ0) is 17.6. The van der Waals surface area contributed by atoms with Crippen LogP contribution in [0.3, 0.4) is 0 Å². The minimum atomic E-state index is 0.254. The number of carbonyl (C=O) groups is 1. The van der Waals surface area contributed by atoms with E-state index in [-0.39, 0.29) is 5.91 Å². The molecule has 2 fully saturated rings. The van der Waals surface area contributed by atoms with Crippen LogP contribution in [0.25, 0.3) is 0 Å². The number of amides is 1. The van der Waals surface area contributed by atoms with E-state index in [1.165, 1.54) is 11.8 Å². The first kappa shape index (κ1) is 18.3. The maximum absolute atomic E-state index is 12.6. The average Bonchev–Trinajstić information content (AvgIpc) is 2.88. The van der Waals surface area contributed by atoms with Crippen LogP contribution in [0, 0.1) is 5.92 Å². The molecular formula is C17H27N5O2S. The van der Waals surface area contributed by atoms with E-state index in [0.29, 0.717) is 23.3 Å². The van der Waals surface area contributed by atoms with Crippen LogP contribution < -0.4 is 10.6 Å². The Morgan fingerprint density at radius 3 is 2.96 bits per heavy atom. The van der Waals surface area contributed by atoms with Crippen LogP contribution in [0.2, 0.25) is 0 Å². The van der Waals surface area contributed by atoms with Gasteiger partial charge in [0, 0.05) is 51.9 Å². The fourth-order valence-corrected chi connectivity index (χ4v) is 3.81. The summed E-state index contributed by atoms with van der Waals surface area (Å²) in [4.78, 5) is 25.6. The molecule has 2 aliphatic rings. The molecule has 0 spiro atoms. The van der Waals surface area contributed by atoms with E-state index in [4.69, 9.17) is 10.5 Å². The number of nitrogens with two attached hydrogens (primary N) is 1. The molecule has 0 aromatic carbocycles. The second kappa shape index (κ2) is 8.71. The van der Waals surface area contributed by atoms with Crippen molar-refractivity contribution in [1.29, 1.82) is 0 Å². The van der Waals surface area contributed by atoms with Crippen molar-refractivity contribution in [3.8, 4) is 0 Å². The maximum atomic E-state index is 12.6. The number of carbonyl (C=O) groups excluding carboxylic acids is 1. The van der Waals surface area contributed by atoms with Crippen molar-refractivity contribution in [3.63, 3.8) is 0 Å². The molecule has 1 atom stereocenters. The van der Waals surface area contributed by atoms with Crippen LogP contribution >= 0.6 is 11.8 Å². The Kier molecular flexibility index (Phi) is 6.36. The van der Waals surface area contributed by atoms with Crippen molar-refractivity contribution in [2.45, 2.75) is 30.8 Å². The molecule has 0 radical (unpaired) electrons. The van der Waals surface area contributed by atoms with Gasteiger partial charge in [-0.1, -0.05) is 11.8 Å². The first-order chi connectivity index (χ1) is 12.2. The van der Waals surface area contributed by atoms with E-state index in [1.807, 2.05) is 17.2 Å². The molecule has 2 N–H and O–H groups in total. The predicted molar refractivity (Wildman–Crippen MR) is 99.8 cm³/mol. The Labute approximate surface area is 153 Å². The van der Waals surface area contributed by atoms with Gasteiger partial charge in [0.1, 0.15) is 11.6 Å². The predicted octanol–water partition coefficient (Wildman–Crippen LogP) is 1.64. The molecule has 1 amide bonds. The molecule has 25 heavy (non-hydrogen) atoms. The van der Waals surface area contributed by atoms with Crippen LogP contribution in [0.4, 0.5) is 11.6 Å². The first-order valence-corrected chi connectivity index (χ1v) is 10.2. The van der Waals surface area contributed by atoms with Crippen LogP contribution in [-0.2, 0) is 9.53 Å². The summed E-state index contributed by atoms with van der Waals surface area (Å²) in [6.45, 7) is 4.74. The van der Waals surface area contributed by atoms with Gasteiger partial charge >= 0.3 is 0 Å². The molecule has 0 bridgehead atoms. The standard InChI is InChI=1S/C17H27N5O2S/c1-25-17-19-14(18)11-15(20-17)21-5-3-6-22(8-7-21)16(23)10-13-4-2-9-24-12-13/h11,13H,2-10,12H2,1H3,(H2,18,19,20). The topological polar surface area (TPSA) is 84.6 Å². The second-order valence-corrected chi connectivity index (χ2v) is 7.42. The molecule has 1 unspecified atom stereocenters. The minimum Gasteiger partial charge on any atom is -0.383 e. The molecule has 2 aliphatic heterocycles. The Morgan fingerprint density at radius 2 is 2.20 bits per heavy atom. The molecule has 0 aliphatic carbocycles. The zero-order valence-electron chi connectivity index (χ0n) is 14.8. The Balaban J connectivity index is 1.58. The number of ether oxygens (including phenoxy) is 1. The molecular weight excluding hydrogens is 338 g/mol. The highest BCUT2D eigenvalue weighted by Gasteiger charge is 2.24. The van der Waals surface area contributed by atoms with Gasteiger partial charge in [-0.3, -0.25) is 4.79 Å². The number of aromatic nitrogens is 2. The van der Waals surface area contributed by atoms with Crippen LogP contribution in [0.5, 0.6) is 0 Å². The van der Waals surface area contributed by atoms with Crippen molar-refractivity contribution < 1.29 is 9.53 Å². The molecule has 1 aromatic heterocycles. The zero-order valence-corrected chi connectivity index (χ0v) is 15.6. The SMILES string of the molecule is CSc1nc(N)cc(N2CCCN(C(=O)CC3CCCOC3)CC2)n1. The van der Waals surface area contributed by atoms with Crippen molar-refractivity contribution in [3.05, 3.63) is 6.07 Å². The van der Waals surface area contributed by atoms with Crippen molar-refractivity contribution in [2.75, 3.05) is 56.3 Å². The first-order valence-electron chi connectivity index (χ1n) is 8.94. The summed E-state index contributed by atoms with van der Waals surface area (Å²) in [5.41, 5.74) is 5.89. The lowest BCUT2D eigenvalue weighted by Gasteiger charge is -2.26. The second-order valence-electron chi connectivity index (χ2n) is 6.65. The lowest BCUT2D eigenvalue weighted by atomic mass is 9.98. The van der Waals surface area contributed by atoms with Crippen molar-refractivity contribution in [2.24, 2.45) is 5.92 Å². The van der Waals surface area contributed by atoms with Crippen molar-refractivity contribution >= 4 is 29.3 Å². The Hall–Kier alpha value is -1.54. The van der Waals surface area contributed by atoms with Gasteiger partial charge in [0.15, 0.2) is 5.16 Å². The molecule has 138 valence electrons. The molecule has 8 heteroatoms. The van der Waals surface area contributed by atoms with E-state index >= 15 is 0 Å². The fraction of sp³-hybridized carbons (Fsp3) is 0.706. The molecule has 7 nitrogen and oxygen atoms in total. The summed E-state index contributed by atoms with van der Waals surface area (Å²) in [5.74, 6) is 1.98. The van der Waals surface area contributed by atoms with Gasteiger partial charge in [-0.2, -0.15) is 0 Å². The van der Waals surface area contributed by atoms with E-state index in [0.717, 1.165) is 64.5 Å². The quantitative estimate of drug-likeness (QED) is 0.641. The average molecular weight is 366 g/mol. The third-order valence-corrected chi connectivity index (χ3v) is 5.33. The maximum Gasteiger partial charge on any atom is 0.222 e. The van der Waals surface area contributed by atoms with Crippen LogP contribution in [0.15, 0.2) is 11.2 Å². The lowest BCUT2D eigenvalue weighted by Crippen LogP contribution is -2.37. The summed E-state index contributed by atoms with van der Waals surface area (Å²) in [5, 5.41) is 0.685. The fourth-order valence-electron chi connectivity index (χ4n) is 3.42. The highest BCUT2D eigenvalue weighted by molar-refractivity contribution is 7.98. The van der Waals surface area contributed by atoms with Crippen LogP contribution in [-0.4, -0.2) is 66.4 Å². The molecule has 3 rings (SSSR count). The van der Waals surface area contributed by atoms with Gasteiger partial charge in [-0.05, 0) is 31.4 Å². The minimum absolute atomic E-state index is 0.254. The largest absolute Gasteiger partial charge is 0.383 e. The number of nitrogen functional groups attached to an aromatic ring is 1. The monoisotopic (exact) mass is 365 g/mol. The molecule has 1 aromatic rings. The Morgan fingerprint density at radius 1 is 1.32 bits per heavy atom. The summed E-state index contributed by atoms with van der Waals surface area (Å²) in [6.07, 6.45) is 5.65. The molecule has 2 saturated heterocycles. The van der Waals surface area contributed by atoms with Gasteiger partial charge in [-0.25, -0.2) is 9.97 Å². The van der Waals surface area contributed by atoms with E-state index in [9.17, 15) is 4.79 Å². The summed E-state index contributed by atoms with van der Waals surface area (Å²) < 4.78 is 5.50. The summed E-state index contributed by atoms with van der Waals surface area (Å²) in [7, 11) is 0. The van der Waals surface area contributed by atoms with Crippen molar-refractivity contribution in [1.82, 2.24) is 14.9 Å². The third kappa shape index (κ3) is 4.98. The van der Waals surface area contributed by atoms with Gasteiger partial charge in [0.05, 0.1) is 0 Å². The highest BCUT2D eigenvalue weighted by atomic mass is 32.2. The number of hydrogen-bond donors (Lipinski definition) is 1. The normalized spacial score (nSPS) is 21.9. The van der Waals surface area contributed by atoms with Gasteiger partial charge < -0.3 is 20.3 Å². The smallest absolute Gasteiger partial charge is 0.222 e. The number of hydrogen-bond acceptors (Lipinski definition) is 7. The summed E-state index contributed by atoms with van der Waals surface area (Å²) in [6, 6.07) is 1.82. The van der Waals surface area contributed by atoms with Crippen LogP contribution in [0.1, 0.15) is 25.7 Å². The number of rotatable bonds is 4. The lowest BCUT2D eigenvalue weighted by molar-refractivity contribution is -0.133. The van der Waals surface area contributed by atoms with Gasteiger partial charge in [0.25, 0.3) is 0 Å². The summed E-state index contributed by atoms with van der Waals surface area (Å²) >= 11 is 1.49. The number of nitrogens with zero attached hydrogens (tertiary/aromatic N) is 4. The number of thioether (sulfide) groups is 1.